The van der Waals surface area contributed by atoms with Gasteiger partial charge in [0.1, 0.15) is 11.5 Å². The first-order valence-electron chi connectivity index (χ1n) is 6.60. The van der Waals surface area contributed by atoms with Gasteiger partial charge in [-0.1, -0.05) is 11.6 Å². The Kier molecular flexibility index (Phi) is 3.37. The maximum absolute atomic E-state index is 10.1. The Bertz CT molecular complexity index is 530. The zero-order chi connectivity index (χ0) is 13.4. The van der Waals surface area contributed by atoms with Crippen molar-refractivity contribution in [2.75, 3.05) is 20.7 Å². The maximum atomic E-state index is 10.1. The van der Waals surface area contributed by atoms with Crippen molar-refractivity contribution < 1.29 is 9.84 Å². The average molecular weight is 277 g/mol. The lowest BCUT2D eigenvalue weighted by Gasteiger charge is -2.38. The molecule has 3 rings (SSSR count). The lowest BCUT2D eigenvalue weighted by atomic mass is 9.84. The molecular formula is C15H19NO2S. The highest BCUT2D eigenvalue weighted by molar-refractivity contribution is 7.10. The number of hydrogen-bond donors (Lipinski definition) is 1. The fourth-order valence-corrected chi connectivity index (χ4v) is 4.01. The third kappa shape index (κ3) is 2.19. The van der Waals surface area contributed by atoms with Gasteiger partial charge >= 0.3 is 0 Å². The largest absolute Gasteiger partial charge is 0.508 e. The highest BCUT2D eigenvalue weighted by atomic mass is 32.1. The van der Waals surface area contributed by atoms with Crippen molar-refractivity contribution in [2.45, 2.75) is 25.3 Å². The van der Waals surface area contributed by atoms with E-state index in [1.165, 1.54) is 16.0 Å². The molecule has 2 aliphatic rings. The van der Waals surface area contributed by atoms with Gasteiger partial charge in [0.25, 0.3) is 0 Å². The Morgan fingerprint density at radius 2 is 2.26 bits per heavy atom. The van der Waals surface area contributed by atoms with Crippen LogP contribution in [0.25, 0.3) is 0 Å². The van der Waals surface area contributed by atoms with Crippen LogP contribution in [0, 0.1) is 0 Å². The van der Waals surface area contributed by atoms with Gasteiger partial charge in [-0.3, -0.25) is 4.90 Å². The predicted octanol–water partition coefficient (Wildman–Crippen LogP) is 3.63. The quantitative estimate of drug-likeness (QED) is 0.838. The van der Waals surface area contributed by atoms with Gasteiger partial charge in [-0.25, -0.2) is 0 Å². The minimum Gasteiger partial charge on any atom is -0.508 e. The highest BCUT2D eigenvalue weighted by Gasteiger charge is 2.33. The standard InChI is InChI=1S/C15H19NO2S/c1-16-6-5-10-8-13(18-2)12(17)9-11(10)15(16)14-4-3-7-19-14/h3-4,7,15,17H,5-6,8-9H2,1-2H3. The van der Waals surface area contributed by atoms with Gasteiger partial charge in [-0.05, 0) is 30.5 Å². The number of rotatable bonds is 2. The molecule has 0 saturated carbocycles. The molecule has 1 unspecified atom stereocenters. The van der Waals surface area contributed by atoms with E-state index in [0.717, 1.165) is 25.1 Å². The molecular weight excluding hydrogens is 258 g/mol. The fraction of sp³-hybridized carbons (Fsp3) is 0.467. The van der Waals surface area contributed by atoms with Crippen LogP contribution in [0.3, 0.4) is 0 Å². The van der Waals surface area contributed by atoms with Crippen molar-refractivity contribution in [2.24, 2.45) is 0 Å². The third-order valence-corrected chi connectivity index (χ3v) is 5.03. The number of allylic oxidation sites excluding steroid dienone is 2. The smallest absolute Gasteiger partial charge is 0.137 e. The van der Waals surface area contributed by atoms with Gasteiger partial charge in [-0.2, -0.15) is 0 Å². The molecule has 4 heteroatoms. The van der Waals surface area contributed by atoms with Crippen molar-refractivity contribution in [1.29, 1.82) is 0 Å². The molecule has 1 N–H and O–H groups in total. The Morgan fingerprint density at radius 3 is 2.95 bits per heavy atom. The zero-order valence-corrected chi connectivity index (χ0v) is 12.2. The number of likely N-dealkylation sites (N-methyl/N-ethyl adjacent to an activating group) is 1. The second-order valence-electron chi connectivity index (χ2n) is 5.20. The second kappa shape index (κ2) is 5.02. The molecule has 0 aromatic carbocycles. The number of ether oxygens (including phenoxy) is 1. The topological polar surface area (TPSA) is 32.7 Å². The molecule has 1 aliphatic carbocycles. The molecule has 0 saturated heterocycles. The Morgan fingerprint density at radius 1 is 1.42 bits per heavy atom. The zero-order valence-electron chi connectivity index (χ0n) is 11.3. The average Bonchev–Trinajstić information content (AvgIpc) is 2.91. The monoisotopic (exact) mass is 277 g/mol. The number of aliphatic hydroxyl groups excluding tert-OH is 1. The van der Waals surface area contributed by atoms with Gasteiger partial charge in [0.05, 0.1) is 13.2 Å². The molecule has 3 nitrogen and oxygen atoms in total. The normalized spacial score (nSPS) is 24.6. The molecule has 0 amide bonds. The molecule has 1 aromatic rings. The van der Waals surface area contributed by atoms with E-state index < -0.39 is 0 Å². The number of nitrogens with zero attached hydrogens (tertiary/aromatic N) is 1. The lowest BCUT2D eigenvalue weighted by Crippen LogP contribution is -2.33. The van der Waals surface area contributed by atoms with Crippen LogP contribution in [-0.4, -0.2) is 30.7 Å². The first-order chi connectivity index (χ1) is 9.20. The molecule has 0 spiro atoms. The van der Waals surface area contributed by atoms with Crippen LogP contribution in [0.1, 0.15) is 30.2 Å². The summed E-state index contributed by atoms with van der Waals surface area (Å²) in [6.45, 7) is 1.07. The molecule has 19 heavy (non-hydrogen) atoms. The number of thiophene rings is 1. The fourth-order valence-electron chi connectivity index (χ4n) is 3.08. The number of aliphatic hydroxyl groups is 1. The summed E-state index contributed by atoms with van der Waals surface area (Å²) in [6.07, 6.45) is 2.48. The van der Waals surface area contributed by atoms with E-state index in [-0.39, 0.29) is 0 Å². The first kappa shape index (κ1) is 12.8. The minimum atomic E-state index is 0.323. The second-order valence-corrected chi connectivity index (χ2v) is 6.18. The summed E-state index contributed by atoms with van der Waals surface area (Å²) in [5.41, 5.74) is 2.82. The molecule has 0 radical (unpaired) electrons. The minimum absolute atomic E-state index is 0.323. The van der Waals surface area contributed by atoms with Crippen LogP contribution in [0.15, 0.2) is 40.2 Å². The summed E-state index contributed by atoms with van der Waals surface area (Å²) < 4.78 is 5.29. The van der Waals surface area contributed by atoms with Crippen LogP contribution in [-0.2, 0) is 4.74 Å². The molecule has 1 aliphatic heterocycles. The Hall–Kier alpha value is -1.26. The summed E-state index contributed by atoms with van der Waals surface area (Å²) in [6, 6.07) is 4.61. The van der Waals surface area contributed by atoms with E-state index in [0.29, 0.717) is 18.2 Å². The summed E-state index contributed by atoms with van der Waals surface area (Å²) in [5, 5.41) is 12.2. The van der Waals surface area contributed by atoms with Crippen molar-refractivity contribution in [3.63, 3.8) is 0 Å². The van der Waals surface area contributed by atoms with Crippen molar-refractivity contribution in [1.82, 2.24) is 4.90 Å². The van der Waals surface area contributed by atoms with E-state index >= 15 is 0 Å². The van der Waals surface area contributed by atoms with Crippen LogP contribution < -0.4 is 0 Å². The first-order valence-corrected chi connectivity index (χ1v) is 7.48. The number of hydrogen-bond acceptors (Lipinski definition) is 4. The van der Waals surface area contributed by atoms with Gasteiger partial charge in [0.2, 0.25) is 0 Å². The van der Waals surface area contributed by atoms with Crippen LogP contribution in [0.4, 0.5) is 0 Å². The van der Waals surface area contributed by atoms with Crippen molar-refractivity contribution >= 4 is 11.3 Å². The van der Waals surface area contributed by atoms with Gasteiger partial charge in [0.15, 0.2) is 0 Å². The van der Waals surface area contributed by atoms with Crippen molar-refractivity contribution in [3.05, 3.63) is 45.1 Å². The van der Waals surface area contributed by atoms with E-state index in [9.17, 15) is 5.11 Å². The maximum Gasteiger partial charge on any atom is 0.137 e. The van der Waals surface area contributed by atoms with Crippen LogP contribution in [0.5, 0.6) is 0 Å². The third-order valence-electron chi connectivity index (χ3n) is 4.10. The molecule has 102 valence electrons. The molecule has 1 aromatic heterocycles. The van der Waals surface area contributed by atoms with E-state index in [1.807, 2.05) is 0 Å². The molecule has 1 atom stereocenters. The van der Waals surface area contributed by atoms with E-state index in [1.54, 1.807) is 18.4 Å². The molecule has 0 bridgehead atoms. The summed E-state index contributed by atoms with van der Waals surface area (Å²) in [7, 11) is 3.81. The van der Waals surface area contributed by atoms with E-state index in [4.69, 9.17) is 4.74 Å². The van der Waals surface area contributed by atoms with Gasteiger partial charge in [0, 0.05) is 24.3 Å². The SMILES string of the molecule is COC1=C(O)CC2=C(CCN(C)C2c2cccs2)C1. The van der Waals surface area contributed by atoms with Crippen molar-refractivity contribution in [3.8, 4) is 0 Å². The van der Waals surface area contributed by atoms with Gasteiger partial charge < -0.3 is 9.84 Å². The molecule has 2 heterocycles. The molecule has 0 fully saturated rings. The van der Waals surface area contributed by atoms with E-state index in [2.05, 4.69) is 29.5 Å². The lowest BCUT2D eigenvalue weighted by molar-refractivity contribution is 0.213. The van der Waals surface area contributed by atoms with Gasteiger partial charge in [-0.15, -0.1) is 11.3 Å². The summed E-state index contributed by atoms with van der Waals surface area (Å²) in [5.74, 6) is 1.14. The predicted molar refractivity (Wildman–Crippen MR) is 77.2 cm³/mol. The van der Waals surface area contributed by atoms with Crippen LogP contribution >= 0.6 is 11.3 Å². The Balaban J connectivity index is 1.97. The number of methoxy groups -OCH3 is 1. The summed E-state index contributed by atoms with van der Waals surface area (Å²) >= 11 is 1.79. The highest BCUT2D eigenvalue weighted by Crippen LogP contribution is 2.44. The summed E-state index contributed by atoms with van der Waals surface area (Å²) in [4.78, 5) is 3.75. The Labute approximate surface area is 117 Å². The van der Waals surface area contributed by atoms with Crippen LogP contribution in [0.2, 0.25) is 0 Å².